The standard InChI is InChI=1S/C12H15NO5/c1-6-4-8(17-2)9(18-3)5-7(6)11(14)10(13)12(15)16/h4-5,10H,13H2,1-3H3,(H,15,16). The van der Waals surface area contributed by atoms with Crippen LogP contribution in [0.5, 0.6) is 11.5 Å². The van der Waals surface area contributed by atoms with Crippen molar-refractivity contribution in [2.45, 2.75) is 13.0 Å². The van der Waals surface area contributed by atoms with Crippen molar-refractivity contribution < 1.29 is 24.2 Å². The summed E-state index contributed by atoms with van der Waals surface area (Å²) in [4.78, 5) is 22.6. The molecule has 6 nitrogen and oxygen atoms in total. The summed E-state index contributed by atoms with van der Waals surface area (Å²) < 4.78 is 10.1. The van der Waals surface area contributed by atoms with E-state index in [2.05, 4.69) is 0 Å². The Bertz CT molecular complexity index is 484. The molecule has 0 saturated carbocycles. The second-order valence-corrected chi connectivity index (χ2v) is 3.70. The number of hydrogen-bond donors (Lipinski definition) is 2. The number of nitrogens with two attached hydrogens (primary N) is 1. The minimum Gasteiger partial charge on any atom is -0.493 e. The Labute approximate surface area is 104 Å². The van der Waals surface area contributed by atoms with Crippen LogP contribution in [0.2, 0.25) is 0 Å². The van der Waals surface area contributed by atoms with E-state index in [0.717, 1.165) is 0 Å². The van der Waals surface area contributed by atoms with Gasteiger partial charge in [0.15, 0.2) is 23.3 Å². The lowest BCUT2D eigenvalue weighted by Crippen LogP contribution is -2.38. The van der Waals surface area contributed by atoms with E-state index in [4.69, 9.17) is 20.3 Å². The summed E-state index contributed by atoms with van der Waals surface area (Å²) in [6, 6.07) is 1.45. The van der Waals surface area contributed by atoms with Gasteiger partial charge in [0.1, 0.15) is 0 Å². The minimum absolute atomic E-state index is 0.211. The van der Waals surface area contributed by atoms with E-state index in [0.29, 0.717) is 17.1 Å². The van der Waals surface area contributed by atoms with Crippen molar-refractivity contribution in [2.24, 2.45) is 5.73 Å². The summed E-state index contributed by atoms with van der Waals surface area (Å²) in [5.74, 6) is -1.21. The predicted octanol–water partition coefficient (Wildman–Crippen LogP) is 0.607. The van der Waals surface area contributed by atoms with Crippen molar-refractivity contribution in [1.82, 2.24) is 0 Å². The third-order valence-electron chi connectivity index (χ3n) is 2.54. The molecule has 0 heterocycles. The lowest BCUT2D eigenvalue weighted by atomic mass is 9.99. The lowest BCUT2D eigenvalue weighted by Gasteiger charge is -2.13. The first-order valence-corrected chi connectivity index (χ1v) is 5.17. The molecule has 18 heavy (non-hydrogen) atoms. The molecule has 0 saturated heterocycles. The summed E-state index contributed by atoms with van der Waals surface area (Å²) in [7, 11) is 2.90. The molecule has 1 aromatic rings. The fourth-order valence-corrected chi connectivity index (χ4v) is 1.53. The zero-order valence-corrected chi connectivity index (χ0v) is 10.4. The van der Waals surface area contributed by atoms with E-state index in [1.165, 1.54) is 20.3 Å². The molecule has 0 amide bonds. The topological polar surface area (TPSA) is 98.9 Å². The summed E-state index contributed by atoms with van der Waals surface area (Å²) in [6.45, 7) is 1.67. The van der Waals surface area contributed by atoms with Crippen LogP contribution in [0.15, 0.2) is 12.1 Å². The zero-order chi connectivity index (χ0) is 13.9. The van der Waals surface area contributed by atoms with Crippen LogP contribution < -0.4 is 15.2 Å². The average molecular weight is 253 g/mol. The molecule has 0 aromatic heterocycles. The van der Waals surface area contributed by atoms with Crippen molar-refractivity contribution in [3.8, 4) is 11.5 Å². The number of carboxylic acid groups (broad SMARTS) is 1. The van der Waals surface area contributed by atoms with Gasteiger partial charge < -0.3 is 20.3 Å². The Morgan fingerprint density at radius 3 is 2.17 bits per heavy atom. The molecule has 0 radical (unpaired) electrons. The molecule has 0 spiro atoms. The third kappa shape index (κ3) is 2.60. The van der Waals surface area contributed by atoms with Crippen LogP contribution in [-0.4, -0.2) is 37.1 Å². The van der Waals surface area contributed by atoms with Gasteiger partial charge in [0.2, 0.25) is 0 Å². The van der Waals surface area contributed by atoms with Crippen molar-refractivity contribution in [2.75, 3.05) is 14.2 Å². The smallest absolute Gasteiger partial charge is 0.328 e. The molecule has 98 valence electrons. The maximum Gasteiger partial charge on any atom is 0.328 e. The van der Waals surface area contributed by atoms with Gasteiger partial charge in [0.05, 0.1) is 14.2 Å². The molecule has 1 unspecified atom stereocenters. The number of hydrogen-bond acceptors (Lipinski definition) is 5. The van der Waals surface area contributed by atoms with Gasteiger partial charge in [0, 0.05) is 5.56 Å². The molecular weight excluding hydrogens is 238 g/mol. The highest BCUT2D eigenvalue weighted by molar-refractivity contribution is 6.12. The molecular formula is C12H15NO5. The molecule has 0 fully saturated rings. The number of methoxy groups -OCH3 is 2. The quantitative estimate of drug-likeness (QED) is 0.589. The maximum atomic E-state index is 11.9. The van der Waals surface area contributed by atoms with Crippen LogP contribution in [0.25, 0.3) is 0 Å². The van der Waals surface area contributed by atoms with Crippen molar-refractivity contribution in [3.05, 3.63) is 23.3 Å². The first-order chi connectivity index (χ1) is 8.42. The summed E-state index contributed by atoms with van der Waals surface area (Å²) in [5, 5.41) is 8.73. The number of carbonyl (C=O) groups excluding carboxylic acids is 1. The predicted molar refractivity (Wildman–Crippen MR) is 64.2 cm³/mol. The van der Waals surface area contributed by atoms with Crippen LogP contribution >= 0.6 is 0 Å². The van der Waals surface area contributed by atoms with E-state index >= 15 is 0 Å². The number of ether oxygens (including phenoxy) is 2. The SMILES string of the molecule is COc1cc(C)c(C(=O)C(N)C(=O)O)cc1OC. The fraction of sp³-hybridized carbons (Fsp3) is 0.333. The minimum atomic E-state index is -1.58. The first kappa shape index (κ1) is 14.0. The number of benzene rings is 1. The molecule has 6 heteroatoms. The number of aryl methyl sites for hydroxylation is 1. The molecule has 1 atom stereocenters. The van der Waals surface area contributed by atoms with E-state index < -0.39 is 17.8 Å². The normalized spacial score (nSPS) is 11.8. The van der Waals surface area contributed by atoms with E-state index in [9.17, 15) is 9.59 Å². The number of carboxylic acids is 1. The van der Waals surface area contributed by atoms with E-state index in [1.54, 1.807) is 13.0 Å². The largest absolute Gasteiger partial charge is 0.493 e. The first-order valence-electron chi connectivity index (χ1n) is 5.17. The van der Waals surface area contributed by atoms with Crippen LogP contribution in [-0.2, 0) is 4.79 Å². The van der Waals surface area contributed by atoms with Gasteiger partial charge >= 0.3 is 5.97 Å². The summed E-state index contributed by atoms with van der Waals surface area (Å²) in [6.07, 6.45) is 0. The van der Waals surface area contributed by atoms with Gasteiger partial charge in [-0.3, -0.25) is 9.59 Å². The zero-order valence-electron chi connectivity index (χ0n) is 10.4. The van der Waals surface area contributed by atoms with Gasteiger partial charge in [0.25, 0.3) is 0 Å². The Kier molecular flexibility index (Phi) is 4.28. The highest BCUT2D eigenvalue weighted by Crippen LogP contribution is 2.30. The second-order valence-electron chi connectivity index (χ2n) is 3.70. The molecule has 3 N–H and O–H groups in total. The van der Waals surface area contributed by atoms with Crippen LogP contribution in [0.3, 0.4) is 0 Å². The van der Waals surface area contributed by atoms with Crippen LogP contribution in [0, 0.1) is 6.92 Å². The van der Waals surface area contributed by atoms with Gasteiger partial charge in [-0.15, -0.1) is 0 Å². The van der Waals surface area contributed by atoms with Gasteiger partial charge in [-0.05, 0) is 24.6 Å². The van der Waals surface area contributed by atoms with Crippen molar-refractivity contribution in [3.63, 3.8) is 0 Å². The lowest BCUT2D eigenvalue weighted by molar-refractivity contribution is -0.137. The highest BCUT2D eigenvalue weighted by atomic mass is 16.5. The Morgan fingerprint density at radius 1 is 1.22 bits per heavy atom. The maximum absolute atomic E-state index is 11.9. The Hall–Kier alpha value is -2.08. The average Bonchev–Trinajstić information content (AvgIpc) is 2.36. The monoisotopic (exact) mass is 253 g/mol. The molecule has 0 bridgehead atoms. The van der Waals surface area contributed by atoms with Gasteiger partial charge in [-0.1, -0.05) is 0 Å². The summed E-state index contributed by atoms with van der Waals surface area (Å²) in [5.41, 5.74) is 6.09. The third-order valence-corrected chi connectivity index (χ3v) is 2.54. The number of rotatable bonds is 5. The molecule has 0 aliphatic rings. The van der Waals surface area contributed by atoms with E-state index in [1.807, 2.05) is 0 Å². The van der Waals surface area contributed by atoms with Crippen LogP contribution in [0.4, 0.5) is 0 Å². The van der Waals surface area contributed by atoms with Crippen molar-refractivity contribution >= 4 is 11.8 Å². The Balaban J connectivity index is 3.25. The molecule has 0 aliphatic heterocycles. The number of Topliss-reactive ketones (excluding diaryl/α,β-unsaturated/α-hetero) is 1. The van der Waals surface area contributed by atoms with Crippen LogP contribution in [0.1, 0.15) is 15.9 Å². The van der Waals surface area contributed by atoms with Crippen molar-refractivity contribution in [1.29, 1.82) is 0 Å². The van der Waals surface area contributed by atoms with Gasteiger partial charge in [-0.25, -0.2) is 0 Å². The molecule has 1 rings (SSSR count). The summed E-state index contributed by atoms with van der Waals surface area (Å²) >= 11 is 0. The Morgan fingerprint density at radius 2 is 1.72 bits per heavy atom. The molecule has 1 aromatic carbocycles. The highest BCUT2D eigenvalue weighted by Gasteiger charge is 2.25. The van der Waals surface area contributed by atoms with E-state index in [-0.39, 0.29) is 5.56 Å². The fourth-order valence-electron chi connectivity index (χ4n) is 1.53. The molecule has 0 aliphatic carbocycles. The van der Waals surface area contributed by atoms with Gasteiger partial charge in [-0.2, -0.15) is 0 Å². The second kappa shape index (κ2) is 5.50. The number of ketones is 1. The number of aliphatic carboxylic acids is 1. The number of carbonyl (C=O) groups is 2.